The van der Waals surface area contributed by atoms with Crippen LogP contribution in [0.15, 0.2) is 42.0 Å². The number of fused-ring (bicyclic) bond motifs is 1. The number of cyclic esters (lactones) is 1. The zero-order valence-electron chi connectivity index (χ0n) is 26.2. The van der Waals surface area contributed by atoms with Crippen LogP contribution in [0.1, 0.15) is 98.0 Å². The molecule has 7 nitrogen and oxygen atoms in total. The number of ether oxygens (including phenoxy) is 2. The third kappa shape index (κ3) is 6.48. The van der Waals surface area contributed by atoms with Crippen LogP contribution in [0.2, 0.25) is 0 Å². The SMILES string of the molecule is CC(=O)O[C@@H]1C[C@H](C)[C@](O)(CCC2=CC(=O)OC2)[C@]2([C@@H](O)CC[C@H](C)CCCc3ccccc3)[C@H]1C(C)(C)CC[C@@H]2O. The molecule has 2 aliphatic carbocycles. The maximum Gasteiger partial charge on any atom is 0.331 e. The fourth-order valence-corrected chi connectivity index (χ4v) is 8.78. The summed E-state index contributed by atoms with van der Waals surface area (Å²) in [6.45, 7) is 9.96. The topological polar surface area (TPSA) is 113 Å². The lowest BCUT2D eigenvalue weighted by Gasteiger charge is -2.68. The second-order valence-electron chi connectivity index (χ2n) is 14.1. The van der Waals surface area contributed by atoms with Crippen molar-refractivity contribution >= 4 is 11.9 Å². The Bertz CT molecular complexity index is 1110. The molecule has 7 heteroatoms. The van der Waals surface area contributed by atoms with E-state index in [-0.39, 0.29) is 24.9 Å². The molecule has 2 saturated carbocycles. The number of hydrogen-bond acceptors (Lipinski definition) is 7. The second-order valence-corrected chi connectivity index (χ2v) is 14.1. The molecule has 0 spiro atoms. The Morgan fingerprint density at radius 3 is 2.50 bits per heavy atom. The summed E-state index contributed by atoms with van der Waals surface area (Å²) >= 11 is 0. The first-order valence-electron chi connectivity index (χ1n) is 16.0. The molecule has 3 N–H and O–H groups in total. The van der Waals surface area contributed by atoms with Crippen molar-refractivity contribution in [2.24, 2.45) is 28.6 Å². The van der Waals surface area contributed by atoms with Gasteiger partial charge >= 0.3 is 11.9 Å². The molecule has 0 bridgehead atoms. The van der Waals surface area contributed by atoms with Crippen molar-refractivity contribution in [3.05, 3.63) is 47.5 Å². The summed E-state index contributed by atoms with van der Waals surface area (Å²) in [5.74, 6) is -1.22. The molecule has 234 valence electrons. The highest BCUT2D eigenvalue weighted by atomic mass is 16.5. The summed E-state index contributed by atoms with van der Waals surface area (Å²) in [5.41, 5.74) is -1.03. The Kier molecular flexibility index (Phi) is 10.3. The average molecular weight is 585 g/mol. The van der Waals surface area contributed by atoms with Gasteiger partial charge in [-0.1, -0.05) is 64.4 Å². The highest BCUT2D eigenvalue weighted by molar-refractivity contribution is 5.85. The highest BCUT2D eigenvalue weighted by Gasteiger charge is 2.72. The van der Waals surface area contributed by atoms with Gasteiger partial charge in [0.25, 0.3) is 0 Å². The van der Waals surface area contributed by atoms with E-state index in [1.807, 2.05) is 13.0 Å². The fourth-order valence-electron chi connectivity index (χ4n) is 8.78. The maximum atomic E-state index is 12.9. The van der Waals surface area contributed by atoms with Crippen LogP contribution in [0.5, 0.6) is 0 Å². The minimum atomic E-state index is -1.45. The van der Waals surface area contributed by atoms with Gasteiger partial charge in [0.1, 0.15) is 12.7 Å². The Morgan fingerprint density at radius 2 is 1.86 bits per heavy atom. The Morgan fingerprint density at radius 1 is 1.14 bits per heavy atom. The van der Waals surface area contributed by atoms with E-state index in [9.17, 15) is 24.9 Å². The molecule has 0 aromatic heterocycles. The first-order valence-corrected chi connectivity index (χ1v) is 16.0. The zero-order valence-corrected chi connectivity index (χ0v) is 26.2. The molecule has 1 aromatic carbocycles. The van der Waals surface area contributed by atoms with Crippen LogP contribution in [0, 0.1) is 28.6 Å². The number of benzene rings is 1. The van der Waals surface area contributed by atoms with Gasteiger partial charge < -0.3 is 24.8 Å². The van der Waals surface area contributed by atoms with Gasteiger partial charge in [0.2, 0.25) is 0 Å². The molecule has 0 saturated heterocycles. The second kappa shape index (κ2) is 13.2. The number of rotatable bonds is 12. The normalized spacial score (nSPS) is 33.7. The van der Waals surface area contributed by atoms with E-state index in [1.54, 1.807) is 0 Å². The number of aryl methyl sites for hydroxylation is 1. The molecular formula is C35H52O7. The molecule has 0 radical (unpaired) electrons. The van der Waals surface area contributed by atoms with E-state index in [4.69, 9.17) is 9.47 Å². The minimum Gasteiger partial charge on any atom is -0.462 e. The van der Waals surface area contributed by atoms with Gasteiger partial charge in [-0.25, -0.2) is 4.79 Å². The minimum absolute atomic E-state index is 0.201. The van der Waals surface area contributed by atoms with Gasteiger partial charge in [-0.15, -0.1) is 0 Å². The van der Waals surface area contributed by atoms with Crippen molar-refractivity contribution < 1.29 is 34.4 Å². The van der Waals surface area contributed by atoms with Crippen molar-refractivity contribution in [1.82, 2.24) is 0 Å². The lowest BCUT2D eigenvalue weighted by atomic mass is 9.39. The summed E-state index contributed by atoms with van der Waals surface area (Å²) < 4.78 is 11.1. The summed E-state index contributed by atoms with van der Waals surface area (Å²) in [7, 11) is 0. The van der Waals surface area contributed by atoms with E-state index < -0.39 is 46.6 Å². The number of aliphatic hydroxyl groups excluding tert-OH is 2. The number of hydrogen-bond donors (Lipinski definition) is 3. The number of aliphatic hydroxyl groups is 3. The zero-order chi connectivity index (χ0) is 30.7. The number of esters is 2. The Balaban J connectivity index is 1.63. The van der Waals surface area contributed by atoms with Gasteiger partial charge in [0.05, 0.1) is 23.2 Å². The summed E-state index contributed by atoms with van der Waals surface area (Å²) in [4.78, 5) is 24.1. The van der Waals surface area contributed by atoms with E-state index in [0.29, 0.717) is 38.0 Å². The van der Waals surface area contributed by atoms with Gasteiger partial charge in [-0.3, -0.25) is 4.79 Å². The third-order valence-corrected chi connectivity index (χ3v) is 10.8. The quantitative estimate of drug-likeness (QED) is 0.277. The van der Waals surface area contributed by atoms with Crippen LogP contribution < -0.4 is 0 Å². The van der Waals surface area contributed by atoms with Crippen molar-refractivity contribution in [2.75, 3.05) is 6.61 Å². The molecule has 3 aliphatic rings. The molecule has 1 aliphatic heterocycles. The van der Waals surface area contributed by atoms with Gasteiger partial charge in [-0.2, -0.15) is 0 Å². The standard InChI is InChI=1S/C35H52O7/c1-23(10-9-13-26-11-7-6-8-12-26)14-15-29(37)35-30(38)17-18-33(4,5)32(35)28(42-25(3)36)20-24(2)34(35,40)19-16-27-21-31(39)41-22-27/h6-8,11-12,21,23-24,28-30,32,37-38,40H,9-10,13-20,22H2,1-5H3/t23-,24+,28-,29+,30+,32-,34-,35+/m1/s1. The molecule has 1 heterocycles. The van der Waals surface area contributed by atoms with E-state index in [0.717, 1.165) is 31.3 Å². The smallest absolute Gasteiger partial charge is 0.331 e. The summed E-state index contributed by atoms with van der Waals surface area (Å²) in [6, 6.07) is 10.4. The predicted octanol–water partition coefficient (Wildman–Crippen LogP) is 5.54. The van der Waals surface area contributed by atoms with Crippen LogP contribution in [0.3, 0.4) is 0 Å². The lowest BCUT2D eigenvalue weighted by Crippen LogP contribution is -2.76. The van der Waals surface area contributed by atoms with Crippen molar-refractivity contribution in [3.63, 3.8) is 0 Å². The summed E-state index contributed by atoms with van der Waals surface area (Å²) in [6.07, 6.45) is 5.52. The van der Waals surface area contributed by atoms with Crippen LogP contribution >= 0.6 is 0 Å². The van der Waals surface area contributed by atoms with Crippen molar-refractivity contribution in [3.8, 4) is 0 Å². The molecule has 2 fully saturated rings. The molecule has 42 heavy (non-hydrogen) atoms. The molecule has 0 unspecified atom stereocenters. The van der Waals surface area contributed by atoms with E-state index >= 15 is 0 Å². The fraction of sp³-hybridized carbons (Fsp3) is 0.714. The lowest BCUT2D eigenvalue weighted by molar-refractivity contribution is -0.318. The third-order valence-electron chi connectivity index (χ3n) is 10.8. The highest BCUT2D eigenvalue weighted by Crippen LogP contribution is 2.66. The molecule has 0 amide bonds. The summed E-state index contributed by atoms with van der Waals surface area (Å²) in [5, 5.41) is 37.1. The monoisotopic (exact) mass is 584 g/mol. The van der Waals surface area contributed by atoms with Gasteiger partial charge in [0.15, 0.2) is 0 Å². The largest absolute Gasteiger partial charge is 0.462 e. The van der Waals surface area contributed by atoms with Crippen LogP contribution in [0.25, 0.3) is 0 Å². The van der Waals surface area contributed by atoms with E-state index in [2.05, 4.69) is 45.0 Å². The van der Waals surface area contributed by atoms with Crippen molar-refractivity contribution in [2.45, 2.75) is 123 Å². The predicted molar refractivity (Wildman–Crippen MR) is 161 cm³/mol. The average Bonchev–Trinajstić information content (AvgIpc) is 3.35. The number of carbonyl (C=O) groups is 2. The van der Waals surface area contributed by atoms with Gasteiger partial charge in [0, 0.05) is 18.9 Å². The molecule has 1 aromatic rings. The first kappa shape index (κ1) is 32.7. The first-order chi connectivity index (χ1) is 19.8. The molecule has 8 atom stereocenters. The Labute approximate surface area is 251 Å². The molecule has 4 rings (SSSR count). The van der Waals surface area contributed by atoms with Gasteiger partial charge in [-0.05, 0) is 86.2 Å². The van der Waals surface area contributed by atoms with Crippen LogP contribution in [0.4, 0.5) is 0 Å². The maximum absolute atomic E-state index is 12.9. The van der Waals surface area contributed by atoms with Crippen LogP contribution in [-0.2, 0) is 25.5 Å². The van der Waals surface area contributed by atoms with Crippen LogP contribution in [-0.4, -0.2) is 57.8 Å². The van der Waals surface area contributed by atoms with Crippen molar-refractivity contribution in [1.29, 1.82) is 0 Å². The Hall–Kier alpha value is -2.22. The number of carbonyl (C=O) groups excluding carboxylic acids is 2. The van der Waals surface area contributed by atoms with E-state index in [1.165, 1.54) is 18.6 Å². The molecular weight excluding hydrogens is 532 g/mol.